The van der Waals surface area contributed by atoms with Crippen molar-refractivity contribution in [3.63, 3.8) is 0 Å². The number of ether oxygens (including phenoxy) is 1. The molecule has 0 saturated carbocycles. The molecule has 1 atom stereocenters. The molecule has 0 spiro atoms. The van der Waals surface area contributed by atoms with Crippen molar-refractivity contribution >= 4 is 28.8 Å². The van der Waals surface area contributed by atoms with Crippen LogP contribution in [0.15, 0.2) is 110 Å². The summed E-state index contributed by atoms with van der Waals surface area (Å²) < 4.78 is 7.83. The van der Waals surface area contributed by atoms with Gasteiger partial charge in [-0.05, 0) is 73.7 Å². The summed E-state index contributed by atoms with van der Waals surface area (Å²) in [6, 6.07) is 21.0. The number of benzene rings is 3. The fraction of sp³-hybridized carbons (Fsp3) is 0.125. The Morgan fingerprint density at radius 1 is 1.05 bits per heavy atom. The van der Waals surface area contributed by atoms with Crippen molar-refractivity contribution in [3.05, 3.63) is 115 Å². The highest BCUT2D eigenvalue weighted by atomic mass is 16.5. The standard InChI is InChI=1S/C32H34N8O3/c1-2-8-23(16-17-33)38-31(42)22-14-15-27-26(20-22)39-30(40(27)28(29(34)41)13-7-18-37-32(35)36)21-9-6-12-25(19-21)43-24-10-4-3-5-11-24/h2-6,8-12,14-17,19-20,28H,1,7,13,18,33H2,(H2,34,41)(H,38,42)(H4,35,36,37)/b17-16-,23-8+/t28-/m0/s1. The molecule has 0 aliphatic heterocycles. The van der Waals surface area contributed by atoms with Crippen molar-refractivity contribution in [1.82, 2.24) is 20.2 Å². The molecule has 0 aliphatic carbocycles. The minimum Gasteiger partial charge on any atom is -0.457 e. The molecule has 4 aromatic rings. The van der Waals surface area contributed by atoms with Crippen LogP contribution >= 0.6 is 0 Å². The first-order valence-electron chi connectivity index (χ1n) is 13.6. The Hall–Kier alpha value is -5.84. The zero-order valence-corrected chi connectivity index (χ0v) is 23.5. The molecule has 11 nitrogen and oxygen atoms in total. The average Bonchev–Trinajstić information content (AvgIpc) is 3.36. The maximum Gasteiger partial charge on any atom is 0.255 e. The number of rotatable bonds is 13. The predicted molar refractivity (Wildman–Crippen MR) is 168 cm³/mol. The Labute approximate surface area is 249 Å². The van der Waals surface area contributed by atoms with E-state index in [1.165, 1.54) is 12.3 Å². The van der Waals surface area contributed by atoms with Crippen LogP contribution in [0.4, 0.5) is 0 Å². The summed E-state index contributed by atoms with van der Waals surface area (Å²) in [6.45, 7) is 4.05. The van der Waals surface area contributed by atoms with E-state index in [2.05, 4.69) is 17.2 Å². The largest absolute Gasteiger partial charge is 0.457 e. The summed E-state index contributed by atoms with van der Waals surface area (Å²) in [5, 5.41) is 12.9. The van der Waals surface area contributed by atoms with Gasteiger partial charge in [0.2, 0.25) is 5.91 Å². The quantitative estimate of drug-likeness (QED) is 0.0597. The third kappa shape index (κ3) is 7.67. The third-order valence-corrected chi connectivity index (χ3v) is 6.46. The lowest BCUT2D eigenvalue weighted by Gasteiger charge is -2.20. The summed E-state index contributed by atoms with van der Waals surface area (Å²) in [5.41, 5.74) is 19.5. The lowest BCUT2D eigenvalue weighted by atomic mass is 10.1. The van der Waals surface area contributed by atoms with Crippen LogP contribution in [0.25, 0.3) is 22.4 Å². The lowest BCUT2D eigenvalue weighted by molar-refractivity contribution is -0.121. The maximum absolute atomic E-state index is 13.1. The Bertz CT molecular complexity index is 1690. The van der Waals surface area contributed by atoms with Gasteiger partial charge in [0, 0.05) is 23.4 Å². The summed E-state index contributed by atoms with van der Waals surface area (Å²) >= 11 is 0. The van der Waals surface area contributed by atoms with Crippen LogP contribution in [0, 0.1) is 5.41 Å². The van der Waals surface area contributed by atoms with E-state index in [1.54, 1.807) is 34.9 Å². The first-order chi connectivity index (χ1) is 20.8. The fourth-order valence-corrected chi connectivity index (χ4v) is 4.57. The van der Waals surface area contributed by atoms with Gasteiger partial charge in [0.25, 0.3) is 5.91 Å². The second kappa shape index (κ2) is 14.2. The highest BCUT2D eigenvalue weighted by molar-refractivity contribution is 5.99. The zero-order chi connectivity index (χ0) is 30.8. The van der Waals surface area contributed by atoms with Crippen molar-refractivity contribution in [1.29, 1.82) is 5.41 Å². The fourth-order valence-electron chi connectivity index (χ4n) is 4.57. The van der Waals surface area contributed by atoms with Gasteiger partial charge in [-0.2, -0.15) is 0 Å². The Balaban J connectivity index is 1.78. The molecule has 0 unspecified atom stereocenters. The first-order valence-corrected chi connectivity index (χ1v) is 13.6. The van der Waals surface area contributed by atoms with E-state index in [-0.39, 0.29) is 11.9 Å². The van der Waals surface area contributed by atoms with Crippen LogP contribution in [0.2, 0.25) is 0 Å². The van der Waals surface area contributed by atoms with Gasteiger partial charge in [0.05, 0.1) is 11.0 Å². The number of carbonyl (C=O) groups is 2. The van der Waals surface area contributed by atoms with Gasteiger partial charge in [0.1, 0.15) is 23.4 Å². The minimum atomic E-state index is -0.774. The van der Waals surface area contributed by atoms with Crippen LogP contribution in [-0.4, -0.2) is 33.9 Å². The number of primary amides is 1. The van der Waals surface area contributed by atoms with Crippen LogP contribution in [0.3, 0.4) is 0 Å². The van der Waals surface area contributed by atoms with Crippen LogP contribution in [0.5, 0.6) is 11.5 Å². The summed E-state index contributed by atoms with van der Waals surface area (Å²) in [6.07, 6.45) is 6.90. The van der Waals surface area contributed by atoms with Crippen LogP contribution < -0.4 is 32.6 Å². The Morgan fingerprint density at radius 2 is 1.81 bits per heavy atom. The first kappa shape index (κ1) is 30.1. The normalized spacial score (nSPS) is 12.1. The molecule has 43 heavy (non-hydrogen) atoms. The van der Waals surface area contributed by atoms with Gasteiger partial charge in [-0.15, -0.1) is 0 Å². The summed E-state index contributed by atoms with van der Waals surface area (Å²) in [7, 11) is 0. The maximum atomic E-state index is 13.1. The number of aromatic nitrogens is 2. The molecule has 0 aliphatic rings. The van der Waals surface area contributed by atoms with Gasteiger partial charge in [-0.3, -0.25) is 15.0 Å². The number of nitrogens with two attached hydrogens (primary N) is 3. The van der Waals surface area contributed by atoms with E-state index in [0.29, 0.717) is 64.6 Å². The van der Waals surface area contributed by atoms with Gasteiger partial charge in [-0.25, -0.2) is 4.98 Å². The van der Waals surface area contributed by atoms with Crippen molar-refractivity contribution in [2.75, 3.05) is 6.54 Å². The van der Waals surface area contributed by atoms with Crippen molar-refractivity contribution in [3.8, 4) is 22.9 Å². The van der Waals surface area contributed by atoms with E-state index in [9.17, 15) is 9.59 Å². The minimum absolute atomic E-state index is 0.154. The number of fused-ring (bicyclic) bond motifs is 1. The van der Waals surface area contributed by atoms with Gasteiger partial charge >= 0.3 is 0 Å². The molecule has 9 N–H and O–H groups in total. The lowest BCUT2D eigenvalue weighted by Crippen LogP contribution is -2.32. The molecule has 3 aromatic carbocycles. The molecule has 11 heteroatoms. The van der Waals surface area contributed by atoms with E-state index in [0.717, 1.165) is 0 Å². The predicted octanol–water partition coefficient (Wildman–Crippen LogP) is 4.06. The van der Waals surface area contributed by atoms with E-state index in [4.69, 9.17) is 32.3 Å². The molecular weight excluding hydrogens is 544 g/mol. The molecule has 1 aromatic heterocycles. The smallest absolute Gasteiger partial charge is 0.255 e. The van der Waals surface area contributed by atoms with Gasteiger partial charge in [0.15, 0.2) is 5.96 Å². The van der Waals surface area contributed by atoms with Gasteiger partial charge in [-0.1, -0.05) is 43.0 Å². The molecule has 0 radical (unpaired) electrons. The third-order valence-electron chi connectivity index (χ3n) is 6.46. The van der Waals surface area contributed by atoms with Crippen molar-refractivity contribution in [2.45, 2.75) is 18.9 Å². The van der Waals surface area contributed by atoms with Gasteiger partial charge < -0.3 is 37.1 Å². The summed E-state index contributed by atoms with van der Waals surface area (Å²) in [4.78, 5) is 30.8. The highest BCUT2D eigenvalue weighted by Gasteiger charge is 2.25. The molecule has 2 amide bonds. The Morgan fingerprint density at radius 3 is 2.51 bits per heavy atom. The topological polar surface area (TPSA) is 187 Å². The molecule has 0 bridgehead atoms. The second-order valence-corrected chi connectivity index (χ2v) is 9.52. The zero-order valence-electron chi connectivity index (χ0n) is 23.5. The monoisotopic (exact) mass is 578 g/mol. The number of para-hydroxylation sites is 1. The van der Waals surface area contributed by atoms with E-state index < -0.39 is 11.9 Å². The molecule has 4 rings (SSSR count). The number of carbonyl (C=O) groups excluding carboxylic acids is 2. The molecule has 0 saturated heterocycles. The molecule has 220 valence electrons. The van der Waals surface area contributed by atoms with Crippen molar-refractivity contribution in [2.24, 2.45) is 17.2 Å². The van der Waals surface area contributed by atoms with Crippen LogP contribution in [-0.2, 0) is 4.79 Å². The average molecular weight is 579 g/mol. The number of guanidine groups is 1. The van der Waals surface area contributed by atoms with E-state index in [1.807, 2.05) is 54.6 Å². The number of imidazole rings is 1. The molecule has 1 heterocycles. The number of nitrogens with one attached hydrogen (secondary N) is 3. The Kier molecular flexibility index (Phi) is 9.93. The second-order valence-electron chi connectivity index (χ2n) is 9.52. The number of hydrogen-bond acceptors (Lipinski definition) is 6. The number of allylic oxidation sites excluding steroid dienone is 3. The molecular formula is C32H34N8O3. The van der Waals surface area contributed by atoms with E-state index >= 15 is 0 Å². The molecule has 0 fully saturated rings. The SMILES string of the molecule is C=C/C=C(\C=C/N)NC(=O)c1ccc2c(c1)nc(-c1cccc(Oc3ccccc3)c1)n2[C@@H](CCCNC(=N)N)C(N)=O. The highest BCUT2D eigenvalue weighted by Crippen LogP contribution is 2.33. The number of nitrogens with zero attached hydrogens (tertiary/aromatic N) is 2. The number of amides is 2. The summed E-state index contributed by atoms with van der Waals surface area (Å²) in [5.74, 6) is 0.661. The van der Waals surface area contributed by atoms with Crippen LogP contribution in [0.1, 0.15) is 29.2 Å². The van der Waals surface area contributed by atoms with Crippen molar-refractivity contribution < 1.29 is 14.3 Å². The number of hydrogen-bond donors (Lipinski definition) is 6.